The van der Waals surface area contributed by atoms with E-state index < -0.39 is 6.04 Å². The average Bonchev–Trinajstić information content (AvgIpc) is 3.36. The number of aryl methyl sites for hydroxylation is 2. The quantitative estimate of drug-likeness (QED) is 0.575. The third-order valence-electron chi connectivity index (χ3n) is 4.43. The molecule has 2 aromatic heterocycles. The van der Waals surface area contributed by atoms with Gasteiger partial charge in [-0.3, -0.25) is 9.59 Å². The zero-order valence-corrected chi connectivity index (χ0v) is 16.8. The lowest BCUT2D eigenvalue weighted by Crippen LogP contribution is -2.44. The molecule has 2 N–H and O–H groups in total. The van der Waals surface area contributed by atoms with Crippen LogP contribution in [0.1, 0.15) is 34.3 Å². The smallest absolute Gasteiger partial charge is 0.261 e. The number of benzene rings is 1. The summed E-state index contributed by atoms with van der Waals surface area (Å²) in [5.74, 6) is -0.400. The van der Waals surface area contributed by atoms with Crippen molar-refractivity contribution in [3.63, 3.8) is 0 Å². The minimum atomic E-state index is -0.572. The third kappa shape index (κ3) is 5.07. The monoisotopic (exact) mass is 396 g/mol. The fourth-order valence-corrected chi connectivity index (χ4v) is 3.47. The maximum Gasteiger partial charge on any atom is 0.261 e. The first kappa shape index (κ1) is 19.8. The number of amides is 2. The molecular formula is C21H24N4O2S. The van der Waals surface area contributed by atoms with Gasteiger partial charge in [0.05, 0.1) is 16.3 Å². The summed E-state index contributed by atoms with van der Waals surface area (Å²) >= 11 is 1.35. The van der Waals surface area contributed by atoms with Gasteiger partial charge in [0.15, 0.2) is 0 Å². The molecule has 6 nitrogen and oxygen atoms in total. The molecule has 0 bridgehead atoms. The van der Waals surface area contributed by atoms with Gasteiger partial charge in [-0.1, -0.05) is 24.3 Å². The van der Waals surface area contributed by atoms with Crippen LogP contribution < -0.4 is 10.6 Å². The standard InChI is InChI=1S/C21H24N4O2S/c1-15-17(14-25(24-15)18-9-4-3-5-10-18)8-6-12-22-20(26)16(2)23-21(27)19-11-7-13-28-19/h3-5,7,9-11,13-14,16H,6,8,12H2,1-2H3,(H,22,26)(H,23,27). The Morgan fingerprint density at radius 2 is 1.96 bits per heavy atom. The van der Waals surface area contributed by atoms with Crippen LogP contribution in [0.25, 0.3) is 5.69 Å². The number of nitrogens with zero attached hydrogens (tertiary/aromatic N) is 2. The fraction of sp³-hybridized carbons (Fsp3) is 0.286. The predicted octanol–water partition coefficient (Wildman–Crippen LogP) is 3.11. The first-order valence-corrected chi connectivity index (χ1v) is 10.1. The summed E-state index contributed by atoms with van der Waals surface area (Å²) in [7, 11) is 0. The van der Waals surface area contributed by atoms with Gasteiger partial charge in [0.1, 0.15) is 6.04 Å². The molecule has 1 unspecified atom stereocenters. The molecule has 3 rings (SSSR count). The van der Waals surface area contributed by atoms with Gasteiger partial charge >= 0.3 is 0 Å². The van der Waals surface area contributed by atoms with E-state index in [4.69, 9.17) is 0 Å². The summed E-state index contributed by atoms with van der Waals surface area (Å²) < 4.78 is 1.88. The van der Waals surface area contributed by atoms with Gasteiger partial charge < -0.3 is 10.6 Å². The Bertz CT molecular complexity index is 919. The number of hydrogen-bond acceptors (Lipinski definition) is 4. The number of nitrogens with one attached hydrogen (secondary N) is 2. The Morgan fingerprint density at radius 3 is 2.68 bits per heavy atom. The number of hydrogen-bond donors (Lipinski definition) is 2. The molecule has 2 heterocycles. The highest BCUT2D eigenvalue weighted by Crippen LogP contribution is 2.13. The van der Waals surface area contributed by atoms with Crippen molar-refractivity contribution >= 4 is 23.2 Å². The summed E-state index contributed by atoms with van der Waals surface area (Å²) in [5.41, 5.74) is 3.18. The Labute approximate surface area is 168 Å². The molecule has 28 heavy (non-hydrogen) atoms. The topological polar surface area (TPSA) is 76.0 Å². The molecule has 0 radical (unpaired) electrons. The zero-order valence-electron chi connectivity index (χ0n) is 16.0. The van der Waals surface area contributed by atoms with Crippen LogP contribution in [-0.2, 0) is 11.2 Å². The molecule has 0 saturated carbocycles. The zero-order chi connectivity index (χ0) is 19.9. The van der Waals surface area contributed by atoms with Crippen LogP contribution in [0.3, 0.4) is 0 Å². The highest BCUT2D eigenvalue weighted by atomic mass is 32.1. The van der Waals surface area contributed by atoms with Crippen molar-refractivity contribution in [3.05, 3.63) is 70.2 Å². The van der Waals surface area contributed by atoms with Crippen molar-refractivity contribution in [1.29, 1.82) is 0 Å². The lowest BCUT2D eigenvalue weighted by molar-refractivity contribution is -0.122. The molecule has 2 amide bonds. The van der Waals surface area contributed by atoms with E-state index >= 15 is 0 Å². The SMILES string of the molecule is Cc1nn(-c2ccccc2)cc1CCCNC(=O)C(C)NC(=O)c1cccs1. The molecule has 1 aromatic carbocycles. The summed E-state index contributed by atoms with van der Waals surface area (Å²) in [4.78, 5) is 24.8. The second-order valence-corrected chi connectivity index (χ2v) is 7.53. The van der Waals surface area contributed by atoms with E-state index in [1.807, 2.05) is 59.6 Å². The molecule has 146 valence electrons. The highest BCUT2D eigenvalue weighted by molar-refractivity contribution is 7.12. The van der Waals surface area contributed by atoms with E-state index in [1.54, 1.807) is 13.0 Å². The average molecular weight is 397 g/mol. The van der Waals surface area contributed by atoms with Gasteiger partial charge in [-0.15, -0.1) is 11.3 Å². The Kier molecular flexibility index (Phi) is 6.60. The molecule has 0 aliphatic carbocycles. The molecule has 0 saturated heterocycles. The van der Waals surface area contributed by atoms with E-state index in [9.17, 15) is 9.59 Å². The number of para-hydroxylation sites is 1. The van der Waals surface area contributed by atoms with Crippen molar-refractivity contribution in [1.82, 2.24) is 20.4 Å². The van der Waals surface area contributed by atoms with Gasteiger partial charge in [0.2, 0.25) is 5.91 Å². The Morgan fingerprint density at radius 1 is 1.18 bits per heavy atom. The van der Waals surface area contributed by atoms with Gasteiger partial charge in [0, 0.05) is 12.7 Å². The maximum absolute atomic E-state index is 12.2. The van der Waals surface area contributed by atoms with Crippen LogP contribution in [0.4, 0.5) is 0 Å². The first-order valence-electron chi connectivity index (χ1n) is 9.27. The summed E-state index contributed by atoms with van der Waals surface area (Å²) in [6.45, 7) is 4.23. The normalized spacial score (nSPS) is 11.8. The number of carbonyl (C=O) groups is 2. The first-order chi connectivity index (χ1) is 13.5. The predicted molar refractivity (Wildman–Crippen MR) is 111 cm³/mol. The van der Waals surface area contributed by atoms with Gasteiger partial charge in [0.25, 0.3) is 5.91 Å². The molecule has 1 atom stereocenters. The maximum atomic E-state index is 12.2. The summed E-state index contributed by atoms with van der Waals surface area (Å²) in [5, 5.41) is 12.0. The van der Waals surface area contributed by atoms with Crippen LogP contribution in [0.2, 0.25) is 0 Å². The van der Waals surface area contributed by atoms with Gasteiger partial charge in [-0.05, 0) is 55.8 Å². The number of rotatable bonds is 8. The van der Waals surface area contributed by atoms with E-state index in [0.29, 0.717) is 11.4 Å². The number of aromatic nitrogens is 2. The fourth-order valence-electron chi connectivity index (χ4n) is 2.84. The van der Waals surface area contributed by atoms with Gasteiger partial charge in [-0.25, -0.2) is 4.68 Å². The van der Waals surface area contributed by atoms with Crippen molar-refractivity contribution in [2.24, 2.45) is 0 Å². The van der Waals surface area contributed by atoms with E-state index in [-0.39, 0.29) is 11.8 Å². The summed E-state index contributed by atoms with van der Waals surface area (Å²) in [6.07, 6.45) is 3.67. The molecule has 0 aliphatic rings. The molecule has 0 aliphatic heterocycles. The van der Waals surface area contributed by atoms with E-state index in [1.165, 1.54) is 11.3 Å². The van der Waals surface area contributed by atoms with E-state index in [2.05, 4.69) is 15.7 Å². The van der Waals surface area contributed by atoms with Crippen molar-refractivity contribution in [3.8, 4) is 5.69 Å². The van der Waals surface area contributed by atoms with Crippen LogP contribution in [0.5, 0.6) is 0 Å². The van der Waals surface area contributed by atoms with Crippen molar-refractivity contribution in [2.45, 2.75) is 32.7 Å². The van der Waals surface area contributed by atoms with Crippen molar-refractivity contribution < 1.29 is 9.59 Å². The highest BCUT2D eigenvalue weighted by Gasteiger charge is 2.16. The van der Waals surface area contributed by atoms with Gasteiger partial charge in [-0.2, -0.15) is 5.10 Å². The number of carbonyl (C=O) groups excluding carboxylic acids is 2. The minimum Gasteiger partial charge on any atom is -0.354 e. The lowest BCUT2D eigenvalue weighted by atomic mass is 10.1. The molecule has 3 aromatic rings. The largest absolute Gasteiger partial charge is 0.354 e. The van der Waals surface area contributed by atoms with Crippen LogP contribution in [-0.4, -0.2) is 34.2 Å². The second-order valence-electron chi connectivity index (χ2n) is 6.59. The number of thiophene rings is 1. The molecule has 7 heteroatoms. The molecule has 0 fully saturated rings. The third-order valence-corrected chi connectivity index (χ3v) is 5.30. The van der Waals surface area contributed by atoms with Crippen LogP contribution in [0.15, 0.2) is 54.0 Å². The Balaban J connectivity index is 1.43. The minimum absolute atomic E-state index is 0.179. The van der Waals surface area contributed by atoms with Crippen LogP contribution in [0, 0.1) is 6.92 Å². The lowest BCUT2D eigenvalue weighted by Gasteiger charge is -2.13. The van der Waals surface area contributed by atoms with Crippen molar-refractivity contribution in [2.75, 3.05) is 6.54 Å². The molecular weight excluding hydrogens is 372 g/mol. The second kappa shape index (κ2) is 9.32. The molecule has 0 spiro atoms. The van der Waals surface area contributed by atoms with E-state index in [0.717, 1.165) is 29.8 Å². The van der Waals surface area contributed by atoms with Crippen LogP contribution >= 0.6 is 11.3 Å². The Hall–Kier alpha value is -2.93. The summed E-state index contributed by atoms with van der Waals surface area (Å²) in [6, 6.07) is 13.0.